The van der Waals surface area contributed by atoms with Crippen LogP contribution in [0.25, 0.3) is 5.69 Å². The topological polar surface area (TPSA) is 67.2 Å². The Labute approximate surface area is 174 Å². The number of nitrogens with zero attached hydrogens (tertiary/aromatic N) is 6. The minimum Gasteiger partial charge on any atom is -0.338 e. The number of carbonyl (C=O) groups is 1. The molecule has 1 amide bonds. The SMILES string of the molecule is Cc1ccc(-n2ccnc2SCC(=O)N2CCN(c3ncccn3)CC2)c(C)c1. The van der Waals surface area contributed by atoms with E-state index in [1.165, 1.54) is 22.9 Å². The van der Waals surface area contributed by atoms with Gasteiger partial charge in [0.15, 0.2) is 5.16 Å². The van der Waals surface area contributed by atoms with E-state index < -0.39 is 0 Å². The summed E-state index contributed by atoms with van der Waals surface area (Å²) in [4.78, 5) is 29.8. The summed E-state index contributed by atoms with van der Waals surface area (Å²) in [6, 6.07) is 8.16. The smallest absolute Gasteiger partial charge is 0.233 e. The molecule has 1 fully saturated rings. The summed E-state index contributed by atoms with van der Waals surface area (Å²) >= 11 is 1.48. The van der Waals surface area contributed by atoms with Gasteiger partial charge in [-0.1, -0.05) is 29.5 Å². The van der Waals surface area contributed by atoms with E-state index in [-0.39, 0.29) is 5.91 Å². The van der Waals surface area contributed by atoms with Gasteiger partial charge in [0.05, 0.1) is 11.4 Å². The number of piperazine rings is 1. The molecular formula is C21H24N6OS. The third-order valence-corrected chi connectivity index (χ3v) is 5.96. The molecule has 1 aliphatic rings. The van der Waals surface area contributed by atoms with Gasteiger partial charge in [0.25, 0.3) is 0 Å². The molecule has 29 heavy (non-hydrogen) atoms. The number of thioether (sulfide) groups is 1. The van der Waals surface area contributed by atoms with Gasteiger partial charge in [-0.2, -0.15) is 0 Å². The number of rotatable bonds is 5. The van der Waals surface area contributed by atoms with E-state index in [9.17, 15) is 4.79 Å². The summed E-state index contributed by atoms with van der Waals surface area (Å²) in [7, 11) is 0. The Morgan fingerprint density at radius 2 is 1.79 bits per heavy atom. The second kappa shape index (κ2) is 8.65. The van der Waals surface area contributed by atoms with Crippen molar-refractivity contribution in [2.45, 2.75) is 19.0 Å². The van der Waals surface area contributed by atoms with E-state index in [4.69, 9.17) is 0 Å². The highest BCUT2D eigenvalue weighted by atomic mass is 32.2. The molecule has 0 bridgehead atoms. The minimum atomic E-state index is 0.138. The monoisotopic (exact) mass is 408 g/mol. The van der Waals surface area contributed by atoms with Crippen LogP contribution in [0, 0.1) is 13.8 Å². The molecule has 8 heteroatoms. The van der Waals surface area contributed by atoms with Gasteiger partial charge in [-0.3, -0.25) is 9.36 Å². The van der Waals surface area contributed by atoms with Crippen molar-refractivity contribution < 1.29 is 4.79 Å². The Hall–Kier alpha value is -2.87. The largest absolute Gasteiger partial charge is 0.338 e. The number of imidazole rings is 1. The van der Waals surface area contributed by atoms with Crippen LogP contribution in [0.3, 0.4) is 0 Å². The number of amides is 1. The Bertz CT molecular complexity index is 982. The standard InChI is InChI=1S/C21H24N6OS/c1-16-4-5-18(17(2)14-16)27-9-8-24-21(27)29-15-19(28)25-10-12-26(13-11-25)20-22-6-3-7-23-20/h3-9,14H,10-13,15H2,1-2H3. The van der Waals surface area contributed by atoms with Crippen molar-refractivity contribution >= 4 is 23.6 Å². The quantitative estimate of drug-likeness (QED) is 0.605. The lowest BCUT2D eigenvalue weighted by molar-refractivity contribution is -0.128. The van der Waals surface area contributed by atoms with E-state index in [0.717, 1.165) is 29.9 Å². The average Bonchev–Trinajstić information content (AvgIpc) is 3.21. The number of aryl methyl sites for hydroxylation is 2. The maximum Gasteiger partial charge on any atom is 0.233 e. The van der Waals surface area contributed by atoms with Crippen molar-refractivity contribution in [1.82, 2.24) is 24.4 Å². The lowest BCUT2D eigenvalue weighted by Gasteiger charge is -2.34. The molecule has 0 unspecified atom stereocenters. The second-order valence-corrected chi connectivity index (χ2v) is 8.02. The fraction of sp³-hybridized carbons (Fsp3) is 0.333. The predicted molar refractivity (Wildman–Crippen MR) is 115 cm³/mol. The van der Waals surface area contributed by atoms with Crippen LogP contribution in [0.15, 0.2) is 54.2 Å². The highest BCUT2D eigenvalue weighted by molar-refractivity contribution is 7.99. The van der Waals surface area contributed by atoms with Crippen molar-refractivity contribution in [1.29, 1.82) is 0 Å². The minimum absolute atomic E-state index is 0.138. The van der Waals surface area contributed by atoms with Gasteiger partial charge in [0.2, 0.25) is 11.9 Å². The molecule has 7 nitrogen and oxygen atoms in total. The average molecular weight is 409 g/mol. The summed E-state index contributed by atoms with van der Waals surface area (Å²) < 4.78 is 2.05. The first-order valence-electron chi connectivity index (χ1n) is 9.65. The zero-order chi connectivity index (χ0) is 20.2. The van der Waals surface area contributed by atoms with Gasteiger partial charge in [0.1, 0.15) is 0 Å². The number of carbonyl (C=O) groups excluding carboxylic acids is 1. The van der Waals surface area contributed by atoms with Crippen LogP contribution in [0.2, 0.25) is 0 Å². The maximum absolute atomic E-state index is 12.7. The van der Waals surface area contributed by atoms with Crippen LogP contribution in [-0.2, 0) is 4.79 Å². The Morgan fingerprint density at radius 1 is 1.03 bits per heavy atom. The number of anilines is 1. The van der Waals surface area contributed by atoms with Crippen LogP contribution in [0.4, 0.5) is 5.95 Å². The molecule has 0 aliphatic carbocycles. The molecule has 1 aromatic carbocycles. The number of hydrogen-bond donors (Lipinski definition) is 0. The molecule has 3 heterocycles. The lowest BCUT2D eigenvalue weighted by Crippen LogP contribution is -2.49. The first-order valence-corrected chi connectivity index (χ1v) is 10.6. The number of hydrogen-bond acceptors (Lipinski definition) is 6. The number of aromatic nitrogens is 4. The predicted octanol–water partition coefficient (Wildman–Crippen LogP) is 2.72. The molecular weight excluding hydrogens is 384 g/mol. The summed E-state index contributed by atoms with van der Waals surface area (Å²) in [5.41, 5.74) is 3.52. The van der Waals surface area contributed by atoms with Gasteiger partial charge < -0.3 is 9.80 Å². The molecule has 4 rings (SSSR count). The van der Waals surface area contributed by atoms with Gasteiger partial charge in [-0.25, -0.2) is 15.0 Å². The summed E-state index contributed by atoms with van der Waals surface area (Å²) in [6.45, 7) is 7.04. The van der Waals surface area contributed by atoms with E-state index >= 15 is 0 Å². The summed E-state index contributed by atoms with van der Waals surface area (Å²) in [5.74, 6) is 1.24. The Balaban J connectivity index is 1.35. The molecule has 0 spiro atoms. The molecule has 0 N–H and O–H groups in total. The molecule has 2 aromatic heterocycles. The highest BCUT2D eigenvalue weighted by Gasteiger charge is 2.23. The van der Waals surface area contributed by atoms with Crippen molar-refractivity contribution in [3.8, 4) is 5.69 Å². The fourth-order valence-corrected chi connectivity index (χ4v) is 4.35. The van der Waals surface area contributed by atoms with Gasteiger partial charge in [-0.05, 0) is 31.5 Å². The zero-order valence-corrected chi connectivity index (χ0v) is 17.5. The fourth-order valence-electron chi connectivity index (χ4n) is 3.48. The van der Waals surface area contributed by atoms with Crippen molar-refractivity contribution in [3.05, 3.63) is 60.2 Å². The zero-order valence-electron chi connectivity index (χ0n) is 16.7. The maximum atomic E-state index is 12.7. The molecule has 1 saturated heterocycles. The normalized spacial score (nSPS) is 14.3. The highest BCUT2D eigenvalue weighted by Crippen LogP contribution is 2.24. The first-order chi connectivity index (χ1) is 14.1. The van der Waals surface area contributed by atoms with Gasteiger partial charge in [-0.15, -0.1) is 0 Å². The van der Waals surface area contributed by atoms with E-state index in [1.54, 1.807) is 18.6 Å². The van der Waals surface area contributed by atoms with Gasteiger partial charge >= 0.3 is 0 Å². The van der Waals surface area contributed by atoms with Crippen molar-refractivity contribution in [3.63, 3.8) is 0 Å². The van der Waals surface area contributed by atoms with E-state index in [1.807, 2.05) is 17.2 Å². The van der Waals surface area contributed by atoms with Crippen LogP contribution in [0.1, 0.15) is 11.1 Å². The first kappa shape index (κ1) is 19.4. The Morgan fingerprint density at radius 3 is 2.52 bits per heavy atom. The lowest BCUT2D eigenvalue weighted by atomic mass is 10.1. The molecule has 0 radical (unpaired) electrons. The van der Waals surface area contributed by atoms with Crippen LogP contribution in [0.5, 0.6) is 0 Å². The summed E-state index contributed by atoms with van der Waals surface area (Å²) in [6.07, 6.45) is 7.22. The molecule has 0 saturated carbocycles. The second-order valence-electron chi connectivity index (χ2n) is 7.08. The third kappa shape index (κ3) is 4.42. The van der Waals surface area contributed by atoms with Gasteiger partial charge in [0, 0.05) is 51.0 Å². The van der Waals surface area contributed by atoms with Crippen LogP contribution < -0.4 is 4.90 Å². The third-order valence-electron chi connectivity index (χ3n) is 5.01. The summed E-state index contributed by atoms with van der Waals surface area (Å²) in [5, 5.41) is 0.835. The van der Waals surface area contributed by atoms with E-state index in [0.29, 0.717) is 18.8 Å². The Kier molecular flexibility index (Phi) is 5.80. The van der Waals surface area contributed by atoms with E-state index in [2.05, 4.69) is 56.5 Å². The van der Waals surface area contributed by atoms with Crippen molar-refractivity contribution in [2.75, 3.05) is 36.8 Å². The molecule has 0 atom stereocenters. The molecule has 1 aliphatic heterocycles. The van der Waals surface area contributed by atoms with Crippen molar-refractivity contribution in [2.24, 2.45) is 0 Å². The van der Waals surface area contributed by atoms with Crippen LogP contribution >= 0.6 is 11.8 Å². The molecule has 150 valence electrons. The van der Waals surface area contributed by atoms with Crippen LogP contribution in [-0.4, -0.2) is 62.3 Å². The molecule has 3 aromatic rings. The number of benzene rings is 1.